The van der Waals surface area contributed by atoms with Gasteiger partial charge in [-0.25, -0.2) is 4.79 Å². The van der Waals surface area contributed by atoms with Crippen LogP contribution in [0.3, 0.4) is 0 Å². The third-order valence-electron chi connectivity index (χ3n) is 8.64. The number of amides is 4. The first-order chi connectivity index (χ1) is 17.0. The summed E-state index contributed by atoms with van der Waals surface area (Å²) in [4.78, 5) is 47.1. The van der Waals surface area contributed by atoms with E-state index in [9.17, 15) is 14.4 Å². The normalized spacial score (nSPS) is 27.1. The van der Waals surface area contributed by atoms with Crippen LogP contribution in [-0.4, -0.2) is 92.5 Å². The molecule has 1 aromatic heterocycles. The number of urea groups is 1. The van der Waals surface area contributed by atoms with Crippen LogP contribution in [0, 0.1) is 17.8 Å². The molecule has 4 fully saturated rings. The van der Waals surface area contributed by atoms with Gasteiger partial charge < -0.3 is 19.6 Å². The Morgan fingerprint density at radius 2 is 1.89 bits per heavy atom. The molecule has 192 valence electrons. The Balaban J connectivity index is 1.14. The van der Waals surface area contributed by atoms with Crippen molar-refractivity contribution in [3.63, 3.8) is 0 Å². The maximum atomic E-state index is 13.4. The molecule has 35 heavy (non-hydrogen) atoms. The number of hydrogen-bond donors (Lipinski definition) is 0. The molecule has 1 aromatic rings. The van der Waals surface area contributed by atoms with Gasteiger partial charge in [-0.1, -0.05) is 0 Å². The minimum atomic E-state index is -0.0252. The zero-order chi connectivity index (χ0) is 24.5. The molecule has 3 atom stereocenters. The van der Waals surface area contributed by atoms with E-state index in [4.69, 9.17) is 0 Å². The molecule has 0 saturated carbocycles. The average molecular weight is 485 g/mol. The van der Waals surface area contributed by atoms with E-state index in [0.717, 1.165) is 63.8 Å². The number of likely N-dealkylation sites (tertiary alicyclic amines) is 2. The predicted octanol–water partition coefficient (Wildman–Crippen LogP) is 2.42. The van der Waals surface area contributed by atoms with Crippen LogP contribution in [0.2, 0.25) is 0 Å². The van der Waals surface area contributed by atoms with Crippen molar-refractivity contribution >= 4 is 17.8 Å². The van der Waals surface area contributed by atoms with Gasteiger partial charge in [0.15, 0.2) is 0 Å². The lowest BCUT2D eigenvalue weighted by atomic mass is 9.76. The zero-order valence-corrected chi connectivity index (χ0v) is 21.3. The van der Waals surface area contributed by atoms with Crippen LogP contribution in [0.4, 0.5) is 4.79 Å². The molecule has 5 heterocycles. The molecule has 0 radical (unpaired) electrons. The van der Waals surface area contributed by atoms with Crippen molar-refractivity contribution in [2.75, 3.05) is 39.3 Å². The monoisotopic (exact) mass is 484 g/mol. The van der Waals surface area contributed by atoms with Crippen LogP contribution in [0.15, 0.2) is 12.4 Å². The predicted molar refractivity (Wildman–Crippen MR) is 131 cm³/mol. The molecule has 4 aliphatic heterocycles. The summed E-state index contributed by atoms with van der Waals surface area (Å²) in [5.41, 5.74) is 1.06. The van der Waals surface area contributed by atoms with Crippen molar-refractivity contribution in [1.29, 1.82) is 0 Å². The maximum absolute atomic E-state index is 13.4. The second kappa shape index (κ2) is 10.2. The number of carbonyl (C=O) groups is 3. The van der Waals surface area contributed by atoms with E-state index >= 15 is 0 Å². The molecule has 0 N–H and O–H groups in total. The number of aryl methyl sites for hydroxylation is 1. The number of hydrogen-bond acceptors (Lipinski definition) is 4. The molecule has 4 aliphatic rings. The highest BCUT2D eigenvalue weighted by Crippen LogP contribution is 2.38. The van der Waals surface area contributed by atoms with Crippen molar-refractivity contribution in [1.82, 2.24) is 29.4 Å². The van der Waals surface area contributed by atoms with E-state index in [1.807, 2.05) is 38.7 Å². The van der Waals surface area contributed by atoms with Gasteiger partial charge in [0.2, 0.25) is 11.8 Å². The summed E-state index contributed by atoms with van der Waals surface area (Å²) < 4.78 is 1.89. The first-order valence-corrected chi connectivity index (χ1v) is 13.6. The number of fused-ring (bicyclic) bond motifs is 4. The molecular formula is C26H40N6O3. The van der Waals surface area contributed by atoms with Gasteiger partial charge in [-0.05, 0) is 57.8 Å². The van der Waals surface area contributed by atoms with E-state index < -0.39 is 0 Å². The summed E-state index contributed by atoms with van der Waals surface area (Å²) in [6.07, 6.45) is 9.17. The Bertz CT molecular complexity index is 939. The molecule has 2 unspecified atom stereocenters. The lowest BCUT2D eigenvalue weighted by Gasteiger charge is -2.53. The fraction of sp³-hybridized carbons (Fsp3) is 0.769. The summed E-state index contributed by atoms with van der Waals surface area (Å²) in [5, 5.41) is 4.33. The summed E-state index contributed by atoms with van der Waals surface area (Å²) >= 11 is 0. The fourth-order valence-corrected chi connectivity index (χ4v) is 6.77. The second-order valence-corrected chi connectivity index (χ2v) is 10.9. The van der Waals surface area contributed by atoms with Crippen LogP contribution >= 0.6 is 0 Å². The van der Waals surface area contributed by atoms with Crippen LogP contribution in [0.25, 0.3) is 0 Å². The molecule has 0 aromatic carbocycles. The van der Waals surface area contributed by atoms with Gasteiger partial charge in [0.05, 0.1) is 6.20 Å². The van der Waals surface area contributed by atoms with Gasteiger partial charge in [0.1, 0.15) is 0 Å². The first kappa shape index (κ1) is 24.1. The van der Waals surface area contributed by atoms with E-state index in [1.165, 1.54) is 0 Å². The van der Waals surface area contributed by atoms with Crippen molar-refractivity contribution < 1.29 is 14.4 Å². The number of piperidine rings is 4. The Hall–Kier alpha value is -2.58. The van der Waals surface area contributed by atoms with Gasteiger partial charge in [-0.2, -0.15) is 5.10 Å². The number of carbonyl (C=O) groups excluding carboxylic acids is 3. The van der Waals surface area contributed by atoms with Crippen molar-refractivity contribution in [2.45, 2.75) is 71.5 Å². The lowest BCUT2D eigenvalue weighted by molar-refractivity contribution is -0.144. The Morgan fingerprint density at radius 3 is 2.60 bits per heavy atom. The Labute approximate surface area is 208 Å². The molecule has 9 nitrogen and oxygen atoms in total. The Kier molecular flexibility index (Phi) is 7.02. The van der Waals surface area contributed by atoms with Crippen LogP contribution in [-0.2, 0) is 22.7 Å². The average Bonchev–Trinajstić information content (AvgIpc) is 3.35. The lowest BCUT2D eigenvalue weighted by Crippen LogP contribution is -2.62. The van der Waals surface area contributed by atoms with Gasteiger partial charge in [0, 0.05) is 82.5 Å². The van der Waals surface area contributed by atoms with E-state index in [0.29, 0.717) is 56.4 Å². The van der Waals surface area contributed by atoms with E-state index in [-0.39, 0.29) is 17.9 Å². The second-order valence-electron chi connectivity index (χ2n) is 10.9. The van der Waals surface area contributed by atoms with E-state index in [2.05, 4.69) is 16.9 Å². The van der Waals surface area contributed by atoms with Crippen LogP contribution < -0.4 is 0 Å². The summed E-state index contributed by atoms with van der Waals surface area (Å²) in [5.74, 6) is 1.28. The third-order valence-corrected chi connectivity index (χ3v) is 8.64. The highest BCUT2D eigenvalue weighted by Gasteiger charge is 2.45. The number of aromatic nitrogens is 2. The quantitative estimate of drug-likeness (QED) is 0.643. The summed E-state index contributed by atoms with van der Waals surface area (Å²) in [7, 11) is 0. The van der Waals surface area contributed by atoms with Crippen molar-refractivity contribution in [2.24, 2.45) is 17.8 Å². The molecule has 9 heteroatoms. The molecule has 5 rings (SSSR count). The SMILES string of the molecule is CCN(Cc1cnn(CC)c1)C(=O)C1CCN(C(=O)N2CC3CC(C2)[C@H]2CCCC(=O)N2C3)CC1. The molecule has 4 amide bonds. The van der Waals surface area contributed by atoms with Crippen molar-refractivity contribution in [3.05, 3.63) is 18.0 Å². The third kappa shape index (κ3) is 4.91. The van der Waals surface area contributed by atoms with Gasteiger partial charge in [-0.3, -0.25) is 14.3 Å². The topological polar surface area (TPSA) is 82.0 Å². The minimum Gasteiger partial charge on any atom is -0.339 e. The molecule has 2 bridgehead atoms. The molecular weight excluding hydrogens is 444 g/mol. The molecule has 4 saturated heterocycles. The molecule has 0 spiro atoms. The summed E-state index contributed by atoms with van der Waals surface area (Å²) in [6.45, 7) is 9.76. The maximum Gasteiger partial charge on any atom is 0.320 e. The van der Waals surface area contributed by atoms with Gasteiger partial charge in [-0.15, -0.1) is 0 Å². The smallest absolute Gasteiger partial charge is 0.320 e. The van der Waals surface area contributed by atoms with Crippen molar-refractivity contribution in [3.8, 4) is 0 Å². The highest BCUT2D eigenvalue weighted by atomic mass is 16.2. The van der Waals surface area contributed by atoms with Crippen LogP contribution in [0.5, 0.6) is 0 Å². The standard InChI is InChI=1S/C26H40N6O3/c1-3-28(15-20-13-27-31(4-2)16-20)25(34)21-8-10-29(11-9-21)26(35)30-14-19-12-22(18-30)23-6-5-7-24(33)32(23)17-19/h13,16,19,21-23H,3-12,14-15,17-18H2,1-2H3/t19?,22?,23-/m1/s1. The number of rotatable bonds is 5. The zero-order valence-electron chi connectivity index (χ0n) is 21.3. The Morgan fingerprint density at radius 1 is 1.09 bits per heavy atom. The first-order valence-electron chi connectivity index (χ1n) is 13.6. The molecule has 0 aliphatic carbocycles. The highest BCUT2D eigenvalue weighted by molar-refractivity contribution is 5.80. The fourth-order valence-electron chi connectivity index (χ4n) is 6.77. The largest absolute Gasteiger partial charge is 0.339 e. The summed E-state index contributed by atoms with van der Waals surface area (Å²) in [6, 6.07) is 0.441. The van der Waals surface area contributed by atoms with Gasteiger partial charge >= 0.3 is 6.03 Å². The van der Waals surface area contributed by atoms with E-state index in [1.54, 1.807) is 0 Å². The van der Waals surface area contributed by atoms with Gasteiger partial charge in [0.25, 0.3) is 0 Å². The van der Waals surface area contributed by atoms with Crippen LogP contribution in [0.1, 0.15) is 57.9 Å². The minimum absolute atomic E-state index is 0.0252. The number of nitrogens with zero attached hydrogens (tertiary/aromatic N) is 6.